The van der Waals surface area contributed by atoms with Crippen molar-refractivity contribution in [2.24, 2.45) is 23.5 Å². The molecule has 9 heteroatoms. The van der Waals surface area contributed by atoms with E-state index in [9.17, 15) is 9.18 Å². The van der Waals surface area contributed by atoms with Gasteiger partial charge >= 0.3 is 0 Å². The zero-order valence-electron chi connectivity index (χ0n) is 20.2. The molecule has 2 aliphatic carbocycles. The highest BCUT2D eigenvalue weighted by molar-refractivity contribution is 5.79. The average molecular weight is 469 g/mol. The fourth-order valence-corrected chi connectivity index (χ4v) is 6.56. The van der Waals surface area contributed by atoms with Crippen LogP contribution in [0.1, 0.15) is 51.9 Å². The van der Waals surface area contributed by atoms with Gasteiger partial charge < -0.3 is 15.8 Å². The van der Waals surface area contributed by atoms with E-state index in [4.69, 9.17) is 10.5 Å². The van der Waals surface area contributed by atoms with Crippen LogP contribution >= 0.6 is 0 Å². The highest BCUT2D eigenvalue weighted by Crippen LogP contribution is 2.34. The highest BCUT2D eigenvalue weighted by Gasteiger charge is 2.44. The summed E-state index contributed by atoms with van der Waals surface area (Å²) < 4.78 is 19.0. The topological polar surface area (TPSA) is 104 Å². The second kappa shape index (κ2) is 12.2. The Labute approximate surface area is 198 Å². The second-order valence-corrected chi connectivity index (χ2v) is 10.6. The van der Waals surface area contributed by atoms with Gasteiger partial charge in [-0.15, -0.1) is 0 Å². The summed E-state index contributed by atoms with van der Waals surface area (Å²) in [5, 5.41) is 14.3. The summed E-state index contributed by atoms with van der Waals surface area (Å²) in [6, 6.07) is 0.943. The number of nitrogens with two attached hydrogens (primary N) is 1. The Morgan fingerprint density at radius 2 is 1.97 bits per heavy atom. The van der Waals surface area contributed by atoms with E-state index in [0.29, 0.717) is 50.2 Å². The van der Waals surface area contributed by atoms with Crippen molar-refractivity contribution >= 4 is 5.91 Å². The van der Waals surface area contributed by atoms with E-state index in [1.54, 1.807) is 0 Å². The van der Waals surface area contributed by atoms with Gasteiger partial charge in [-0.2, -0.15) is 0 Å². The molecule has 2 heterocycles. The SMILES string of the molecule is CC1CC(NC2NCCN3C(C4CCC(F)CC4)CNC23)CCC1C(=O)NCCOCCN. The summed E-state index contributed by atoms with van der Waals surface area (Å²) in [5.41, 5.74) is 5.42. The molecular weight excluding hydrogens is 423 g/mol. The number of amides is 1. The van der Waals surface area contributed by atoms with Crippen LogP contribution in [-0.2, 0) is 9.53 Å². The van der Waals surface area contributed by atoms with Crippen molar-refractivity contribution in [1.82, 2.24) is 26.2 Å². The van der Waals surface area contributed by atoms with Gasteiger partial charge in [0.1, 0.15) is 6.17 Å². The molecule has 0 aromatic heterocycles. The predicted octanol–water partition coefficient (Wildman–Crippen LogP) is 0.530. The lowest BCUT2D eigenvalue weighted by molar-refractivity contribution is -0.128. The largest absolute Gasteiger partial charge is 0.378 e. The van der Waals surface area contributed by atoms with E-state index < -0.39 is 6.17 Å². The lowest BCUT2D eigenvalue weighted by atomic mass is 9.77. The van der Waals surface area contributed by atoms with Crippen molar-refractivity contribution in [2.45, 2.75) is 82.5 Å². The molecule has 33 heavy (non-hydrogen) atoms. The summed E-state index contributed by atoms with van der Waals surface area (Å²) in [6.45, 7) is 7.34. The van der Waals surface area contributed by atoms with Crippen LogP contribution < -0.4 is 27.0 Å². The highest BCUT2D eigenvalue weighted by atomic mass is 19.1. The first kappa shape index (κ1) is 25.3. The molecule has 1 amide bonds. The molecule has 0 bridgehead atoms. The number of ether oxygens (including phenoxy) is 1. The maximum atomic E-state index is 13.6. The number of carbonyl (C=O) groups excluding carboxylic acids is 1. The zero-order valence-corrected chi connectivity index (χ0v) is 20.2. The van der Waals surface area contributed by atoms with Crippen molar-refractivity contribution in [3.8, 4) is 0 Å². The number of nitrogens with one attached hydrogen (secondary N) is 4. The van der Waals surface area contributed by atoms with Crippen LogP contribution in [0.2, 0.25) is 0 Å². The van der Waals surface area contributed by atoms with Gasteiger partial charge in [0.25, 0.3) is 0 Å². The molecule has 6 unspecified atom stereocenters. The van der Waals surface area contributed by atoms with E-state index in [1.165, 1.54) is 0 Å². The number of hydrogen-bond acceptors (Lipinski definition) is 7. The van der Waals surface area contributed by atoms with Crippen molar-refractivity contribution in [3.05, 3.63) is 0 Å². The van der Waals surface area contributed by atoms with Gasteiger partial charge in [0, 0.05) is 50.7 Å². The lowest BCUT2D eigenvalue weighted by Gasteiger charge is -2.44. The van der Waals surface area contributed by atoms with Crippen LogP contribution in [0, 0.1) is 17.8 Å². The Bertz CT molecular complexity index is 620. The van der Waals surface area contributed by atoms with E-state index in [-0.39, 0.29) is 24.2 Å². The van der Waals surface area contributed by atoms with Gasteiger partial charge in [0.05, 0.1) is 25.5 Å². The number of halogens is 1. The molecular formula is C24H45FN6O2. The van der Waals surface area contributed by atoms with Crippen LogP contribution in [0.4, 0.5) is 4.39 Å². The molecule has 2 saturated heterocycles. The van der Waals surface area contributed by atoms with Gasteiger partial charge in [-0.25, -0.2) is 4.39 Å². The number of nitrogens with zero attached hydrogens (tertiary/aromatic N) is 1. The predicted molar refractivity (Wildman–Crippen MR) is 127 cm³/mol. The molecule has 4 aliphatic rings. The van der Waals surface area contributed by atoms with Crippen LogP contribution in [0.5, 0.6) is 0 Å². The number of fused-ring (bicyclic) bond motifs is 1. The number of carbonyl (C=O) groups is 1. The fraction of sp³-hybridized carbons (Fsp3) is 0.958. The van der Waals surface area contributed by atoms with Crippen molar-refractivity contribution in [3.63, 3.8) is 0 Å². The summed E-state index contributed by atoms with van der Waals surface area (Å²) in [5.74, 6) is 1.19. The Kier molecular flexibility index (Phi) is 9.35. The second-order valence-electron chi connectivity index (χ2n) is 10.6. The first-order valence-corrected chi connectivity index (χ1v) is 13.2. The normalized spacial score (nSPS) is 39.8. The standard InChI is InChI=1S/C24H45FN6O2/c1-16-14-19(6-7-20(16)24(32)28-10-13-33-12-8-26)30-22-23-29-15-21(31(23)11-9-27-22)17-2-4-18(25)5-3-17/h16-23,27,29-30H,2-15,26H2,1H3,(H,28,32). The van der Waals surface area contributed by atoms with Crippen LogP contribution in [0.15, 0.2) is 0 Å². The van der Waals surface area contributed by atoms with Crippen molar-refractivity contribution < 1.29 is 13.9 Å². The first-order valence-electron chi connectivity index (χ1n) is 13.2. The minimum absolute atomic E-state index is 0.0768. The summed E-state index contributed by atoms with van der Waals surface area (Å²) in [7, 11) is 0. The number of piperazine rings is 1. The van der Waals surface area contributed by atoms with E-state index in [1.807, 2.05) is 0 Å². The van der Waals surface area contributed by atoms with Crippen molar-refractivity contribution in [1.29, 1.82) is 0 Å². The number of rotatable bonds is 9. The molecule has 6 atom stereocenters. The van der Waals surface area contributed by atoms with Gasteiger partial charge in [-0.1, -0.05) is 6.92 Å². The minimum Gasteiger partial charge on any atom is -0.378 e. The summed E-state index contributed by atoms with van der Waals surface area (Å²) >= 11 is 0. The smallest absolute Gasteiger partial charge is 0.223 e. The molecule has 0 aromatic rings. The Hall–Kier alpha value is -0.840. The van der Waals surface area contributed by atoms with Crippen LogP contribution in [-0.4, -0.2) is 87.3 Å². The van der Waals surface area contributed by atoms with Crippen LogP contribution in [0.3, 0.4) is 0 Å². The zero-order chi connectivity index (χ0) is 23.2. The maximum Gasteiger partial charge on any atom is 0.223 e. The molecule has 0 aromatic carbocycles. The molecule has 8 nitrogen and oxygen atoms in total. The van der Waals surface area contributed by atoms with Crippen molar-refractivity contribution in [2.75, 3.05) is 45.9 Å². The Morgan fingerprint density at radius 3 is 2.73 bits per heavy atom. The lowest BCUT2D eigenvalue weighted by Crippen LogP contribution is -2.67. The van der Waals surface area contributed by atoms with E-state index in [2.05, 4.69) is 33.1 Å². The Morgan fingerprint density at radius 1 is 1.15 bits per heavy atom. The third kappa shape index (κ3) is 6.44. The van der Waals surface area contributed by atoms with Gasteiger partial charge in [0.2, 0.25) is 5.91 Å². The van der Waals surface area contributed by atoms with E-state index in [0.717, 1.165) is 64.6 Å². The quantitative estimate of drug-likeness (QED) is 0.315. The number of hydrogen-bond donors (Lipinski definition) is 5. The third-order valence-electron chi connectivity index (χ3n) is 8.34. The average Bonchev–Trinajstić information content (AvgIpc) is 3.25. The monoisotopic (exact) mass is 468 g/mol. The molecule has 0 radical (unpaired) electrons. The van der Waals surface area contributed by atoms with Gasteiger partial charge in [-0.05, 0) is 56.8 Å². The molecule has 2 saturated carbocycles. The van der Waals surface area contributed by atoms with Gasteiger partial charge in [-0.3, -0.25) is 25.6 Å². The minimum atomic E-state index is -0.590. The third-order valence-corrected chi connectivity index (χ3v) is 8.34. The van der Waals surface area contributed by atoms with Crippen LogP contribution in [0.25, 0.3) is 0 Å². The molecule has 0 spiro atoms. The molecule has 2 aliphatic heterocycles. The molecule has 190 valence electrons. The Balaban J connectivity index is 1.22. The molecule has 4 rings (SSSR count). The summed E-state index contributed by atoms with van der Waals surface area (Å²) in [6.07, 6.45) is 6.35. The maximum absolute atomic E-state index is 13.6. The number of alkyl halides is 1. The molecule has 4 fully saturated rings. The first-order chi connectivity index (χ1) is 16.1. The summed E-state index contributed by atoms with van der Waals surface area (Å²) in [4.78, 5) is 15.3. The van der Waals surface area contributed by atoms with E-state index >= 15 is 0 Å². The molecule has 6 N–H and O–H groups in total. The fourth-order valence-electron chi connectivity index (χ4n) is 6.56. The van der Waals surface area contributed by atoms with Gasteiger partial charge in [0.15, 0.2) is 0 Å².